The van der Waals surface area contributed by atoms with Crippen molar-refractivity contribution in [3.05, 3.63) is 29.8 Å². The van der Waals surface area contributed by atoms with Crippen molar-refractivity contribution in [3.8, 4) is 5.75 Å². The second kappa shape index (κ2) is 13.6. The van der Waals surface area contributed by atoms with Gasteiger partial charge in [0.15, 0.2) is 0 Å². The largest absolute Gasteiger partial charge is 0.493 e. The molecule has 202 valence electrons. The van der Waals surface area contributed by atoms with Crippen LogP contribution in [0.3, 0.4) is 0 Å². The smallest absolute Gasteiger partial charge is 0.255 e. The van der Waals surface area contributed by atoms with E-state index < -0.39 is 48.2 Å². The third kappa shape index (κ3) is 8.17. The highest BCUT2D eigenvalue weighted by atomic mass is 16.5. The van der Waals surface area contributed by atoms with Crippen molar-refractivity contribution in [2.24, 2.45) is 0 Å². The topological polar surface area (TPSA) is 166 Å². The van der Waals surface area contributed by atoms with E-state index in [2.05, 4.69) is 21.3 Å². The lowest BCUT2D eigenvalue weighted by atomic mass is 10.1. The van der Waals surface area contributed by atoms with Crippen LogP contribution in [-0.4, -0.2) is 90.5 Å². The zero-order valence-electron chi connectivity index (χ0n) is 21.0. The van der Waals surface area contributed by atoms with Gasteiger partial charge in [-0.05, 0) is 38.3 Å². The second-order valence-electron chi connectivity index (χ2n) is 9.13. The minimum Gasteiger partial charge on any atom is -0.493 e. The molecule has 1 aromatic carbocycles. The minimum absolute atomic E-state index is 0.0923. The van der Waals surface area contributed by atoms with Crippen molar-refractivity contribution in [1.29, 1.82) is 0 Å². The van der Waals surface area contributed by atoms with Crippen LogP contribution in [0.4, 0.5) is 0 Å². The van der Waals surface area contributed by atoms with Crippen LogP contribution >= 0.6 is 0 Å². The van der Waals surface area contributed by atoms with Gasteiger partial charge in [0.25, 0.3) is 5.91 Å². The van der Waals surface area contributed by atoms with Crippen LogP contribution < -0.4 is 26.0 Å². The number of aliphatic hydroxyl groups is 1. The van der Waals surface area contributed by atoms with Crippen LogP contribution in [-0.2, 0) is 19.2 Å². The van der Waals surface area contributed by atoms with Crippen LogP contribution in [0, 0.1) is 0 Å². The van der Waals surface area contributed by atoms with Crippen molar-refractivity contribution in [2.45, 2.75) is 57.2 Å². The Hall–Kier alpha value is -3.67. The minimum atomic E-state index is -1.25. The van der Waals surface area contributed by atoms with Gasteiger partial charge in [-0.25, -0.2) is 0 Å². The summed E-state index contributed by atoms with van der Waals surface area (Å²) in [5.41, 5.74) is 0.203. The van der Waals surface area contributed by atoms with E-state index in [1.165, 1.54) is 6.92 Å². The van der Waals surface area contributed by atoms with Crippen molar-refractivity contribution in [2.75, 3.05) is 32.8 Å². The first kappa shape index (κ1) is 27.9. The van der Waals surface area contributed by atoms with E-state index in [0.717, 1.165) is 6.42 Å². The maximum atomic E-state index is 13.1. The van der Waals surface area contributed by atoms with Gasteiger partial charge in [-0.1, -0.05) is 12.1 Å². The number of hydrogen-bond donors (Lipinski definition) is 5. The summed E-state index contributed by atoms with van der Waals surface area (Å²) in [5, 5.41) is 20.4. The number of para-hydroxylation sites is 1. The molecule has 12 heteroatoms. The first-order valence-electron chi connectivity index (χ1n) is 12.6. The Kier molecular flexibility index (Phi) is 10.2. The van der Waals surface area contributed by atoms with E-state index in [4.69, 9.17) is 4.74 Å². The lowest BCUT2D eigenvalue weighted by Crippen LogP contribution is -2.55. The van der Waals surface area contributed by atoms with Gasteiger partial charge in [0.2, 0.25) is 23.6 Å². The lowest BCUT2D eigenvalue weighted by molar-refractivity contribution is -0.133. The van der Waals surface area contributed by atoms with E-state index in [-0.39, 0.29) is 31.2 Å². The zero-order chi connectivity index (χ0) is 26.8. The molecule has 3 rings (SSSR count). The van der Waals surface area contributed by atoms with Crippen molar-refractivity contribution in [3.63, 3.8) is 0 Å². The van der Waals surface area contributed by atoms with E-state index >= 15 is 0 Å². The fourth-order valence-electron chi connectivity index (χ4n) is 4.17. The van der Waals surface area contributed by atoms with Gasteiger partial charge >= 0.3 is 0 Å². The van der Waals surface area contributed by atoms with Crippen molar-refractivity contribution < 1.29 is 33.8 Å². The summed E-state index contributed by atoms with van der Waals surface area (Å²) in [6.07, 6.45) is 0.663. The highest BCUT2D eigenvalue weighted by molar-refractivity contribution is 6.01. The van der Waals surface area contributed by atoms with Gasteiger partial charge in [-0.2, -0.15) is 0 Å². The Morgan fingerprint density at radius 2 is 1.97 bits per heavy atom. The summed E-state index contributed by atoms with van der Waals surface area (Å²) in [4.78, 5) is 64.9. The normalized spacial score (nSPS) is 22.4. The van der Waals surface area contributed by atoms with Gasteiger partial charge in [0, 0.05) is 32.6 Å². The van der Waals surface area contributed by atoms with Crippen LogP contribution in [0.2, 0.25) is 0 Å². The van der Waals surface area contributed by atoms with Crippen molar-refractivity contribution >= 4 is 29.5 Å². The van der Waals surface area contributed by atoms with Crippen LogP contribution in [0.25, 0.3) is 0 Å². The Bertz CT molecular complexity index is 999. The molecule has 0 saturated carbocycles. The Morgan fingerprint density at radius 1 is 1.19 bits per heavy atom. The number of rotatable bonds is 6. The number of ether oxygens (including phenoxy) is 1. The van der Waals surface area contributed by atoms with Crippen LogP contribution in [0.5, 0.6) is 5.75 Å². The molecule has 0 unspecified atom stereocenters. The SMILES string of the molecule is C[C@@H](O)[C@@H]1NC(=O)C[C@@H](C(=O)NCCCN2CCCC2=O)NC(=O)c2ccccc2OCCCNC1=O. The molecule has 0 aliphatic carbocycles. The van der Waals surface area contributed by atoms with Gasteiger partial charge in [-0.3, -0.25) is 24.0 Å². The van der Waals surface area contributed by atoms with E-state index in [1.807, 2.05) is 0 Å². The summed E-state index contributed by atoms with van der Waals surface area (Å²) in [6, 6.07) is 4.06. The molecule has 0 bridgehead atoms. The Labute approximate surface area is 215 Å². The molecule has 2 heterocycles. The maximum absolute atomic E-state index is 13.1. The highest BCUT2D eigenvalue weighted by Crippen LogP contribution is 2.18. The highest BCUT2D eigenvalue weighted by Gasteiger charge is 2.30. The third-order valence-electron chi connectivity index (χ3n) is 6.18. The maximum Gasteiger partial charge on any atom is 0.255 e. The van der Waals surface area contributed by atoms with Crippen LogP contribution in [0.15, 0.2) is 24.3 Å². The number of nitrogens with one attached hydrogen (secondary N) is 4. The zero-order valence-corrected chi connectivity index (χ0v) is 21.0. The molecule has 0 spiro atoms. The average Bonchev–Trinajstić information content (AvgIpc) is 3.28. The number of fused-ring (bicyclic) bond motifs is 1. The lowest BCUT2D eigenvalue weighted by Gasteiger charge is -2.23. The summed E-state index contributed by atoms with van der Waals surface area (Å²) >= 11 is 0. The molecule has 5 amide bonds. The van der Waals surface area contributed by atoms with Crippen molar-refractivity contribution in [1.82, 2.24) is 26.2 Å². The molecule has 2 aliphatic rings. The summed E-state index contributed by atoms with van der Waals surface area (Å²) in [6.45, 7) is 3.27. The fraction of sp³-hybridized carbons (Fsp3) is 0.560. The average molecular weight is 518 g/mol. The number of aliphatic hydroxyl groups excluding tert-OH is 1. The first-order valence-corrected chi connectivity index (χ1v) is 12.6. The molecule has 3 atom stereocenters. The number of nitrogens with zero attached hydrogens (tertiary/aromatic N) is 1. The molecule has 1 fully saturated rings. The molecule has 5 N–H and O–H groups in total. The van der Waals surface area contributed by atoms with E-state index in [9.17, 15) is 29.1 Å². The van der Waals surface area contributed by atoms with Gasteiger partial charge in [-0.15, -0.1) is 0 Å². The molecule has 1 saturated heterocycles. The monoisotopic (exact) mass is 517 g/mol. The molecular weight excluding hydrogens is 482 g/mol. The number of amides is 5. The van der Waals surface area contributed by atoms with Gasteiger partial charge < -0.3 is 36.0 Å². The number of carbonyl (C=O) groups excluding carboxylic acids is 5. The van der Waals surface area contributed by atoms with Gasteiger partial charge in [0.1, 0.15) is 17.8 Å². The quantitative estimate of drug-likeness (QED) is 0.304. The van der Waals surface area contributed by atoms with Gasteiger partial charge in [0.05, 0.1) is 24.7 Å². The standard InChI is InChI=1S/C25H35N5O7/c1-16(31)22-25(36)27-11-6-14-37-19-8-3-2-7-17(19)23(34)28-18(15-20(32)29-22)24(35)26-10-5-13-30-12-4-9-21(30)33/h2-3,7-8,16,18,22,31H,4-6,9-15H2,1H3,(H,26,35)(H,27,36)(H,28,34)(H,29,32)/t16-,18+,22+/m1/s1. The molecule has 12 nitrogen and oxygen atoms in total. The summed E-state index contributed by atoms with van der Waals surface area (Å²) in [7, 11) is 0. The third-order valence-corrected chi connectivity index (χ3v) is 6.18. The predicted octanol–water partition coefficient (Wildman–Crippen LogP) is -0.932. The molecular formula is C25H35N5O7. The van der Waals surface area contributed by atoms with E-state index in [1.54, 1.807) is 29.2 Å². The molecule has 0 radical (unpaired) electrons. The number of benzene rings is 1. The Morgan fingerprint density at radius 3 is 2.70 bits per heavy atom. The summed E-state index contributed by atoms with van der Waals surface area (Å²) in [5.74, 6) is -2.04. The molecule has 37 heavy (non-hydrogen) atoms. The molecule has 2 aliphatic heterocycles. The first-order chi connectivity index (χ1) is 17.8. The molecule has 0 aromatic heterocycles. The number of hydrogen-bond acceptors (Lipinski definition) is 7. The van der Waals surface area contributed by atoms with Crippen LogP contribution in [0.1, 0.15) is 49.4 Å². The predicted molar refractivity (Wildman–Crippen MR) is 132 cm³/mol. The molecule has 1 aromatic rings. The number of likely N-dealkylation sites (tertiary alicyclic amines) is 1. The number of carbonyl (C=O) groups is 5. The second-order valence-corrected chi connectivity index (χ2v) is 9.13. The Balaban J connectivity index is 1.73. The summed E-state index contributed by atoms with van der Waals surface area (Å²) < 4.78 is 5.72. The van der Waals surface area contributed by atoms with E-state index in [0.29, 0.717) is 38.1 Å². The fourth-order valence-corrected chi connectivity index (χ4v) is 4.17.